The van der Waals surface area contributed by atoms with Gasteiger partial charge in [-0.05, 0) is 31.2 Å². The van der Waals surface area contributed by atoms with Crippen LogP contribution in [0.25, 0.3) is 0 Å². The van der Waals surface area contributed by atoms with Crippen LogP contribution in [0.2, 0.25) is 0 Å². The summed E-state index contributed by atoms with van der Waals surface area (Å²) in [6, 6.07) is 16.3. The van der Waals surface area contributed by atoms with Crippen LogP contribution < -0.4 is 15.6 Å². The summed E-state index contributed by atoms with van der Waals surface area (Å²) in [5, 5.41) is 11.5. The third-order valence-corrected chi connectivity index (χ3v) is 3.31. The van der Waals surface area contributed by atoms with E-state index in [0.717, 1.165) is 11.3 Å². The summed E-state index contributed by atoms with van der Waals surface area (Å²) in [5.74, 6) is 0.321. The number of benzene rings is 2. The summed E-state index contributed by atoms with van der Waals surface area (Å²) in [5.41, 5.74) is 7.01. The summed E-state index contributed by atoms with van der Waals surface area (Å²) >= 11 is 0. The Morgan fingerprint density at radius 3 is 2.40 bits per heavy atom. The molecule has 0 saturated heterocycles. The smallest absolute Gasteiger partial charge is 0.374 e. The number of anilines is 2. The van der Waals surface area contributed by atoms with Crippen LogP contribution in [0.5, 0.6) is 11.6 Å². The number of aromatic nitrogens is 2. The second-order valence-corrected chi connectivity index (χ2v) is 5.16. The lowest BCUT2D eigenvalue weighted by Crippen LogP contribution is -2.12. The minimum Gasteiger partial charge on any atom is -0.434 e. The molecule has 1 heterocycles. The summed E-state index contributed by atoms with van der Waals surface area (Å²) < 4.78 is 5.56. The van der Waals surface area contributed by atoms with E-state index in [1.165, 1.54) is 6.33 Å². The lowest BCUT2D eigenvalue weighted by atomic mass is 10.2. The fourth-order valence-corrected chi connectivity index (χ4v) is 2.06. The van der Waals surface area contributed by atoms with E-state index in [1.54, 1.807) is 12.1 Å². The summed E-state index contributed by atoms with van der Waals surface area (Å²) in [6.07, 6.45) is 1.20. The second-order valence-electron chi connectivity index (χ2n) is 5.16. The molecule has 126 valence electrons. The molecule has 0 unspecified atom stereocenters. The van der Waals surface area contributed by atoms with Crippen LogP contribution in [0.15, 0.2) is 60.9 Å². The van der Waals surface area contributed by atoms with Gasteiger partial charge in [0.2, 0.25) is 5.82 Å². The zero-order valence-electron chi connectivity index (χ0n) is 13.3. The molecule has 8 heteroatoms. The first-order valence-electron chi connectivity index (χ1n) is 7.44. The molecule has 0 bridgehead atoms. The predicted molar refractivity (Wildman–Crippen MR) is 93.6 cm³/mol. The maximum absolute atomic E-state index is 11.5. The molecule has 2 aromatic carbocycles. The van der Waals surface area contributed by atoms with Crippen molar-refractivity contribution in [1.29, 1.82) is 0 Å². The number of hydrazine groups is 1. The van der Waals surface area contributed by atoms with Gasteiger partial charge >= 0.3 is 11.6 Å². The van der Waals surface area contributed by atoms with E-state index in [0.29, 0.717) is 5.75 Å². The first-order chi connectivity index (χ1) is 12.1. The summed E-state index contributed by atoms with van der Waals surface area (Å²) in [6.45, 7) is 1.94. The van der Waals surface area contributed by atoms with Crippen molar-refractivity contribution in [2.75, 3.05) is 10.9 Å². The molecule has 0 atom stereocenters. The van der Waals surface area contributed by atoms with Crippen LogP contribution in [0.3, 0.4) is 0 Å². The Morgan fingerprint density at radius 2 is 1.72 bits per heavy atom. The fourth-order valence-electron chi connectivity index (χ4n) is 2.06. The number of nitrogens with one attached hydrogen (secondary N) is 2. The number of nitro groups is 1. The average molecular weight is 337 g/mol. The highest BCUT2D eigenvalue weighted by molar-refractivity contribution is 5.64. The molecule has 25 heavy (non-hydrogen) atoms. The van der Waals surface area contributed by atoms with Gasteiger partial charge in [-0.25, -0.2) is 4.98 Å². The molecule has 8 nitrogen and oxygen atoms in total. The highest BCUT2D eigenvalue weighted by Gasteiger charge is 2.25. The topological polar surface area (TPSA) is 102 Å². The van der Waals surface area contributed by atoms with Crippen molar-refractivity contribution in [2.45, 2.75) is 6.92 Å². The van der Waals surface area contributed by atoms with Gasteiger partial charge in [0.25, 0.3) is 0 Å². The van der Waals surface area contributed by atoms with Crippen molar-refractivity contribution in [2.24, 2.45) is 0 Å². The Morgan fingerprint density at radius 1 is 1.00 bits per heavy atom. The van der Waals surface area contributed by atoms with Gasteiger partial charge in [0.1, 0.15) is 12.1 Å². The molecule has 0 amide bonds. The number of rotatable bonds is 6. The maximum atomic E-state index is 11.5. The van der Waals surface area contributed by atoms with Crippen molar-refractivity contribution < 1.29 is 9.66 Å². The molecular weight excluding hydrogens is 322 g/mol. The summed E-state index contributed by atoms with van der Waals surface area (Å²) in [4.78, 5) is 18.7. The van der Waals surface area contributed by atoms with Crippen LogP contribution in [0.4, 0.5) is 17.2 Å². The van der Waals surface area contributed by atoms with Crippen LogP contribution >= 0.6 is 0 Å². The Balaban J connectivity index is 1.86. The number of hydrogen-bond acceptors (Lipinski definition) is 7. The minimum atomic E-state index is -0.585. The van der Waals surface area contributed by atoms with Gasteiger partial charge in [-0.3, -0.25) is 21.0 Å². The quantitative estimate of drug-likeness (QED) is 0.519. The van der Waals surface area contributed by atoms with Gasteiger partial charge in [-0.2, -0.15) is 4.98 Å². The Bertz CT molecular complexity index is 869. The van der Waals surface area contributed by atoms with Crippen molar-refractivity contribution in [3.8, 4) is 11.6 Å². The molecule has 1 aromatic heterocycles. The standard InChI is InChI=1S/C17H15N5O3/c1-12-7-9-14(10-8-12)25-17-15(22(23)24)16(18-11-19-17)21-20-13-5-3-2-4-6-13/h2-11,20H,1H3,(H,18,19,21). The molecule has 3 aromatic rings. The molecule has 3 rings (SSSR count). The molecule has 0 fully saturated rings. The molecule has 0 radical (unpaired) electrons. The fraction of sp³-hybridized carbons (Fsp3) is 0.0588. The van der Waals surface area contributed by atoms with E-state index >= 15 is 0 Å². The van der Waals surface area contributed by atoms with Gasteiger partial charge in [-0.15, -0.1) is 0 Å². The van der Waals surface area contributed by atoms with E-state index in [4.69, 9.17) is 4.74 Å². The van der Waals surface area contributed by atoms with E-state index in [1.807, 2.05) is 49.4 Å². The lowest BCUT2D eigenvalue weighted by Gasteiger charge is -2.11. The zero-order chi connectivity index (χ0) is 17.6. The Kier molecular flexibility index (Phi) is 4.70. The summed E-state index contributed by atoms with van der Waals surface area (Å²) in [7, 11) is 0. The van der Waals surface area contributed by atoms with Crippen LogP contribution in [0.1, 0.15) is 5.56 Å². The molecule has 0 spiro atoms. The largest absolute Gasteiger partial charge is 0.434 e. The Hall–Kier alpha value is -3.68. The third kappa shape index (κ3) is 3.99. The van der Waals surface area contributed by atoms with E-state index in [-0.39, 0.29) is 17.4 Å². The van der Waals surface area contributed by atoms with Gasteiger partial charge in [0, 0.05) is 0 Å². The van der Waals surface area contributed by atoms with Crippen molar-refractivity contribution >= 4 is 17.2 Å². The molecule has 0 aliphatic rings. The zero-order valence-corrected chi connectivity index (χ0v) is 13.3. The number of aryl methyl sites for hydroxylation is 1. The first-order valence-corrected chi connectivity index (χ1v) is 7.44. The third-order valence-electron chi connectivity index (χ3n) is 3.31. The first kappa shape index (κ1) is 16.2. The van der Waals surface area contributed by atoms with E-state index < -0.39 is 4.92 Å². The molecule has 0 saturated carbocycles. The number of ether oxygens (including phenoxy) is 1. The highest BCUT2D eigenvalue weighted by Crippen LogP contribution is 2.33. The minimum absolute atomic E-state index is 0.00552. The number of nitrogens with zero attached hydrogens (tertiary/aromatic N) is 3. The number of hydrogen-bond donors (Lipinski definition) is 2. The van der Waals surface area contributed by atoms with Gasteiger partial charge in [0.05, 0.1) is 10.6 Å². The van der Waals surface area contributed by atoms with Gasteiger partial charge < -0.3 is 4.74 Å². The van der Waals surface area contributed by atoms with Gasteiger partial charge in [-0.1, -0.05) is 35.9 Å². The van der Waals surface area contributed by atoms with E-state index in [2.05, 4.69) is 20.8 Å². The van der Waals surface area contributed by atoms with Crippen molar-refractivity contribution in [3.05, 3.63) is 76.6 Å². The molecule has 0 aliphatic carbocycles. The van der Waals surface area contributed by atoms with Crippen LogP contribution in [-0.2, 0) is 0 Å². The lowest BCUT2D eigenvalue weighted by molar-refractivity contribution is -0.385. The van der Waals surface area contributed by atoms with Crippen molar-refractivity contribution in [1.82, 2.24) is 9.97 Å². The van der Waals surface area contributed by atoms with Crippen LogP contribution in [0, 0.1) is 17.0 Å². The SMILES string of the molecule is Cc1ccc(Oc2ncnc(NNc3ccccc3)c2[N+](=O)[O-])cc1. The highest BCUT2D eigenvalue weighted by atomic mass is 16.6. The van der Waals surface area contributed by atoms with Gasteiger partial charge in [0.15, 0.2) is 0 Å². The van der Waals surface area contributed by atoms with E-state index in [9.17, 15) is 10.1 Å². The number of para-hydroxylation sites is 1. The Labute approximate surface area is 143 Å². The second kappa shape index (κ2) is 7.26. The molecule has 2 N–H and O–H groups in total. The van der Waals surface area contributed by atoms with Crippen molar-refractivity contribution in [3.63, 3.8) is 0 Å². The monoisotopic (exact) mass is 337 g/mol. The predicted octanol–water partition coefficient (Wildman–Crippen LogP) is 3.92. The normalized spacial score (nSPS) is 10.1. The average Bonchev–Trinajstić information content (AvgIpc) is 2.62. The van der Waals surface area contributed by atoms with Crippen LogP contribution in [-0.4, -0.2) is 14.9 Å². The molecular formula is C17H15N5O3. The molecule has 0 aliphatic heterocycles. The maximum Gasteiger partial charge on any atom is 0.374 e.